The van der Waals surface area contributed by atoms with Crippen molar-refractivity contribution in [2.24, 2.45) is 5.41 Å². The van der Waals surface area contributed by atoms with Gasteiger partial charge in [0.15, 0.2) is 5.78 Å². The van der Waals surface area contributed by atoms with Crippen molar-refractivity contribution in [3.05, 3.63) is 42.1 Å². The lowest BCUT2D eigenvalue weighted by Gasteiger charge is -2.29. The average molecular weight is 271 g/mol. The number of Topliss-reactive ketones (excluding diaryl/α,β-unsaturated/α-hetero) is 1. The maximum atomic E-state index is 12.7. The lowest BCUT2D eigenvalue weighted by molar-refractivity contribution is -0.000209. The molecular weight excluding hydrogens is 250 g/mol. The fraction of sp³-hybridized carbons (Fsp3) is 0.412. The zero-order valence-corrected chi connectivity index (χ0v) is 12.5. The van der Waals surface area contributed by atoms with Gasteiger partial charge in [-0.3, -0.25) is 9.78 Å². The third-order valence-electron chi connectivity index (χ3n) is 3.25. The van der Waals surface area contributed by atoms with Crippen LogP contribution in [0.4, 0.5) is 0 Å². The van der Waals surface area contributed by atoms with Gasteiger partial charge in [-0.25, -0.2) is 0 Å². The molecule has 20 heavy (non-hydrogen) atoms. The number of nitrogens with zero attached hydrogens (tertiary/aromatic N) is 1. The van der Waals surface area contributed by atoms with E-state index in [0.717, 1.165) is 10.9 Å². The van der Waals surface area contributed by atoms with Gasteiger partial charge in [-0.15, -0.1) is 0 Å². The van der Waals surface area contributed by atoms with E-state index in [0.29, 0.717) is 12.2 Å². The first-order chi connectivity index (χ1) is 9.43. The number of ketones is 1. The Bertz CT molecular complexity index is 614. The van der Waals surface area contributed by atoms with Crippen LogP contribution in [0, 0.1) is 5.41 Å². The van der Waals surface area contributed by atoms with Gasteiger partial charge in [0, 0.05) is 23.8 Å². The highest BCUT2D eigenvalue weighted by Gasteiger charge is 2.32. The number of pyridine rings is 1. The van der Waals surface area contributed by atoms with Crippen LogP contribution >= 0.6 is 0 Å². The summed E-state index contributed by atoms with van der Waals surface area (Å²) in [7, 11) is 0. The van der Waals surface area contributed by atoms with Gasteiger partial charge in [0.2, 0.25) is 0 Å². The minimum atomic E-state index is -0.429. The van der Waals surface area contributed by atoms with Crippen LogP contribution in [0.2, 0.25) is 0 Å². The van der Waals surface area contributed by atoms with E-state index in [-0.39, 0.29) is 11.2 Å². The second-order valence-corrected chi connectivity index (χ2v) is 5.98. The monoisotopic (exact) mass is 271 g/mol. The molecule has 0 spiro atoms. The van der Waals surface area contributed by atoms with Gasteiger partial charge in [-0.1, -0.05) is 26.8 Å². The van der Waals surface area contributed by atoms with Crippen molar-refractivity contribution in [2.45, 2.75) is 33.8 Å². The molecule has 0 fully saturated rings. The lowest BCUT2D eigenvalue weighted by atomic mass is 9.84. The van der Waals surface area contributed by atoms with E-state index in [4.69, 9.17) is 4.74 Å². The molecule has 0 bridgehead atoms. The summed E-state index contributed by atoms with van der Waals surface area (Å²) in [5.74, 6) is 0.0325. The van der Waals surface area contributed by atoms with Gasteiger partial charge < -0.3 is 4.74 Å². The van der Waals surface area contributed by atoms with Gasteiger partial charge in [0.1, 0.15) is 6.10 Å². The molecule has 0 saturated carbocycles. The van der Waals surface area contributed by atoms with E-state index >= 15 is 0 Å². The fourth-order valence-electron chi connectivity index (χ4n) is 2.27. The van der Waals surface area contributed by atoms with E-state index in [2.05, 4.69) is 4.98 Å². The standard InChI is InChI=1S/C17H21NO2/c1-5-20-16(17(2,3)4)15(19)13-8-9-14-12(11-13)7-6-10-18-14/h6-11,16H,5H2,1-4H3. The molecule has 1 aromatic heterocycles. The predicted molar refractivity (Wildman–Crippen MR) is 80.9 cm³/mol. The predicted octanol–water partition coefficient (Wildman–Crippen LogP) is 3.87. The van der Waals surface area contributed by atoms with Crippen LogP contribution < -0.4 is 0 Å². The number of benzene rings is 1. The highest BCUT2D eigenvalue weighted by atomic mass is 16.5. The van der Waals surface area contributed by atoms with E-state index < -0.39 is 6.10 Å². The first kappa shape index (κ1) is 14.7. The number of carbonyl (C=O) groups excluding carboxylic acids is 1. The summed E-state index contributed by atoms with van der Waals surface area (Å²) in [6, 6.07) is 9.44. The molecule has 0 aliphatic carbocycles. The Hall–Kier alpha value is -1.74. The molecular formula is C17H21NO2. The van der Waals surface area contributed by atoms with Gasteiger partial charge in [0.05, 0.1) is 5.52 Å². The summed E-state index contributed by atoms with van der Waals surface area (Å²) >= 11 is 0. The number of carbonyl (C=O) groups is 1. The molecule has 0 amide bonds. The normalized spacial score (nSPS) is 13.4. The fourth-order valence-corrected chi connectivity index (χ4v) is 2.27. The SMILES string of the molecule is CCOC(C(=O)c1ccc2ncccc2c1)C(C)(C)C. The van der Waals surface area contributed by atoms with Crippen LogP contribution in [-0.2, 0) is 4.74 Å². The van der Waals surface area contributed by atoms with Crippen molar-refractivity contribution < 1.29 is 9.53 Å². The largest absolute Gasteiger partial charge is 0.370 e. The number of hydrogen-bond donors (Lipinski definition) is 0. The van der Waals surface area contributed by atoms with Gasteiger partial charge in [0.25, 0.3) is 0 Å². The van der Waals surface area contributed by atoms with Gasteiger partial charge in [-0.2, -0.15) is 0 Å². The maximum Gasteiger partial charge on any atom is 0.192 e. The van der Waals surface area contributed by atoms with Crippen LogP contribution in [0.15, 0.2) is 36.5 Å². The minimum Gasteiger partial charge on any atom is -0.370 e. The summed E-state index contributed by atoms with van der Waals surface area (Å²) in [5, 5.41) is 0.975. The summed E-state index contributed by atoms with van der Waals surface area (Å²) in [4.78, 5) is 16.9. The van der Waals surface area contributed by atoms with Crippen LogP contribution in [0.3, 0.4) is 0 Å². The number of aromatic nitrogens is 1. The van der Waals surface area contributed by atoms with Gasteiger partial charge >= 0.3 is 0 Å². The first-order valence-corrected chi connectivity index (χ1v) is 6.94. The lowest BCUT2D eigenvalue weighted by Crippen LogP contribution is -2.37. The number of fused-ring (bicyclic) bond motifs is 1. The summed E-state index contributed by atoms with van der Waals surface area (Å²) < 4.78 is 5.67. The Morgan fingerprint density at radius 3 is 2.70 bits per heavy atom. The van der Waals surface area contributed by atoms with Crippen LogP contribution in [-0.4, -0.2) is 23.5 Å². The summed E-state index contributed by atoms with van der Waals surface area (Å²) in [5.41, 5.74) is 1.35. The highest BCUT2D eigenvalue weighted by Crippen LogP contribution is 2.26. The molecule has 0 radical (unpaired) electrons. The van der Waals surface area contributed by atoms with Crippen molar-refractivity contribution >= 4 is 16.7 Å². The summed E-state index contributed by atoms with van der Waals surface area (Å²) in [6.45, 7) is 8.51. The maximum absolute atomic E-state index is 12.7. The topological polar surface area (TPSA) is 39.2 Å². The van der Waals surface area contributed by atoms with E-state index in [1.165, 1.54) is 0 Å². The molecule has 1 atom stereocenters. The third-order valence-corrected chi connectivity index (χ3v) is 3.25. The molecule has 0 N–H and O–H groups in total. The molecule has 2 rings (SSSR count). The average Bonchev–Trinajstić information content (AvgIpc) is 2.42. The van der Waals surface area contributed by atoms with E-state index in [9.17, 15) is 4.79 Å². The number of hydrogen-bond acceptors (Lipinski definition) is 3. The highest BCUT2D eigenvalue weighted by molar-refractivity contribution is 6.02. The quantitative estimate of drug-likeness (QED) is 0.792. The van der Waals surface area contributed by atoms with Crippen LogP contribution in [0.25, 0.3) is 10.9 Å². The second-order valence-electron chi connectivity index (χ2n) is 5.98. The van der Waals surface area contributed by atoms with Crippen molar-refractivity contribution in [1.82, 2.24) is 4.98 Å². The Morgan fingerprint density at radius 1 is 1.30 bits per heavy atom. The van der Waals surface area contributed by atoms with Crippen molar-refractivity contribution in [2.75, 3.05) is 6.61 Å². The summed E-state index contributed by atoms with van der Waals surface area (Å²) in [6.07, 6.45) is 1.32. The van der Waals surface area contributed by atoms with Gasteiger partial charge in [-0.05, 0) is 36.6 Å². The van der Waals surface area contributed by atoms with E-state index in [1.54, 1.807) is 6.20 Å². The molecule has 0 saturated heterocycles. The van der Waals surface area contributed by atoms with Crippen LogP contribution in [0.5, 0.6) is 0 Å². The molecule has 106 valence electrons. The molecule has 1 unspecified atom stereocenters. The molecule has 1 aromatic carbocycles. The van der Waals surface area contributed by atoms with E-state index in [1.807, 2.05) is 58.0 Å². The number of rotatable bonds is 4. The first-order valence-electron chi connectivity index (χ1n) is 6.94. The molecule has 0 aliphatic rings. The second kappa shape index (κ2) is 5.71. The minimum absolute atomic E-state index is 0.0325. The molecule has 0 aliphatic heterocycles. The Balaban J connectivity index is 2.38. The van der Waals surface area contributed by atoms with Crippen LogP contribution in [0.1, 0.15) is 38.1 Å². The zero-order chi connectivity index (χ0) is 14.8. The Kier molecular flexibility index (Phi) is 4.19. The molecule has 3 heteroatoms. The Labute approximate surface area is 120 Å². The molecule has 1 heterocycles. The smallest absolute Gasteiger partial charge is 0.192 e. The molecule has 2 aromatic rings. The van der Waals surface area contributed by atoms with Crippen molar-refractivity contribution in [3.8, 4) is 0 Å². The zero-order valence-electron chi connectivity index (χ0n) is 12.5. The van der Waals surface area contributed by atoms with Crippen molar-refractivity contribution in [3.63, 3.8) is 0 Å². The van der Waals surface area contributed by atoms with Crippen molar-refractivity contribution in [1.29, 1.82) is 0 Å². The Morgan fingerprint density at radius 2 is 2.05 bits per heavy atom. The molecule has 3 nitrogen and oxygen atoms in total. The number of ether oxygens (including phenoxy) is 1. The third kappa shape index (κ3) is 3.05.